The van der Waals surface area contributed by atoms with Crippen molar-refractivity contribution in [3.05, 3.63) is 107 Å². The van der Waals surface area contributed by atoms with Crippen LogP contribution in [0.2, 0.25) is 0 Å². The van der Waals surface area contributed by atoms with Crippen molar-refractivity contribution in [2.75, 3.05) is 13.6 Å². The summed E-state index contributed by atoms with van der Waals surface area (Å²) in [5.74, 6) is 0. The first-order valence-electron chi connectivity index (χ1n) is 11.6. The molecule has 0 spiro atoms. The summed E-state index contributed by atoms with van der Waals surface area (Å²) in [4.78, 5) is 2.34. The maximum Gasteiger partial charge on any atom is 0.184 e. The first kappa shape index (κ1) is 23.6. The first-order chi connectivity index (χ1) is 16.1. The van der Waals surface area contributed by atoms with Crippen molar-refractivity contribution in [3.8, 4) is 0 Å². The highest BCUT2D eigenvalue weighted by atomic mass is 16.7. The van der Waals surface area contributed by atoms with Crippen molar-refractivity contribution >= 4 is 0 Å². The molecule has 1 aliphatic heterocycles. The smallest absolute Gasteiger partial charge is 0.184 e. The van der Waals surface area contributed by atoms with E-state index in [0.717, 1.165) is 35.2 Å². The summed E-state index contributed by atoms with van der Waals surface area (Å²) in [6.07, 6.45) is 0.244. The summed E-state index contributed by atoms with van der Waals surface area (Å²) in [5.41, 5.74) is 11.1. The van der Waals surface area contributed by atoms with Crippen LogP contribution in [-0.2, 0) is 22.6 Å². The van der Waals surface area contributed by atoms with Gasteiger partial charge in [-0.25, -0.2) is 0 Å². The zero-order chi connectivity index (χ0) is 23.2. The number of ether oxygens (including phenoxy) is 2. The minimum absolute atomic E-state index is 0.0108. The summed E-state index contributed by atoms with van der Waals surface area (Å²) in [6.45, 7) is 3.57. The quantitative estimate of drug-likeness (QED) is 0.516. The van der Waals surface area contributed by atoms with E-state index in [-0.39, 0.29) is 24.9 Å². The Bertz CT molecular complexity index is 936. The predicted octanol–water partition coefficient (Wildman–Crippen LogP) is 4.88. The number of hydrogen-bond donors (Lipinski definition) is 2. The summed E-state index contributed by atoms with van der Waals surface area (Å²) in [7, 11) is 2.15. The molecule has 3 aromatic rings. The lowest BCUT2D eigenvalue weighted by Gasteiger charge is -2.39. The molecule has 0 bridgehead atoms. The van der Waals surface area contributed by atoms with Gasteiger partial charge in [0, 0.05) is 31.1 Å². The zero-order valence-corrected chi connectivity index (χ0v) is 19.4. The molecule has 1 aliphatic rings. The van der Waals surface area contributed by atoms with Crippen molar-refractivity contribution in [1.29, 1.82) is 0 Å². The molecule has 0 aliphatic carbocycles. The van der Waals surface area contributed by atoms with E-state index < -0.39 is 6.29 Å². The van der Waals surface area contributed by atoms with E-state index in [4.69, 9.17) is 15.2 Å². The largest absolute Gasteiger partial charge is 0.392 e. The standard InChI is InChI=1S/C28H34N2O3/c1-20(23-6-4-3-5-7-23)30(2)18-26-16-27(24-12-10-22(19-31)11-13-24)33-28(32-26)25-14-8-21(17-29)9-15-25/h3-15,20,26-28,31H,16-19,29H2,1-2H3. The molecule has 0 saturated carbocycles. The van der Waals surface area contributed by atoms with Crippen LogP contribution in [0.5, 0.6) is 0 Å². The maximum atomic E-state index is 9.39. The Morgan fingerprint density at radius 3 is 2.18 bits per heavy atom. The van der Waals surface area contributed by atoms with Gasteiger partial charge in [-0.1, -0.05) is 78.9 Å². The summed E-state index contributed by atoms with van der Waals surface area (Å²) in [6, 6.07) is 27.0. The lowest BCUT2D eigenvalue weighted by Crippen LogP contribution is -2.38. The normalized spacial score (nSPS) is 21.8. The highest BCUT2D eigenvalue weighted by molar-refractivity contribution is 5.26. The third-order valence-corrected chi connectivity index (χ3v) is 6.54. The lowest BCUT2D eigenvalue weighted by atomic mass is 9.99. The number of nitrogens with two attached hydrogens (primary N) is 1. The SMILES string of the molecule is CC(c1ccccc1)N(C)CC1CC(c2ccc(CO)cc2)OC(c2ccc(CN)cc2)O1. The Morgan fingerprint density at radius 2 is 1.55 bits per heavy atom. The van der Waals surface area contributed by atoms with Gasteiger partial charge in [-0.3, -0.25) is 4.90 Å². The Kier molecular flexibility index (Phi) is 7.91. The second kappa shape index (κ2) is 11.1. The first-order valence-corrected chi connectivity index (χ1v) is 11.6. The van der Waals surface area contributed by atoms with Gasteiger partial charge >= 0.3 is 0 Å². The van der Waals surface area contributed by atoms with Gasteiger partial charge in [0.05, 0.1) is 18.8 Å². The van der Waals surface area contributed by atoms with Crippen LogP contribution < -0.4 is 5.73 Å². The fourth-order valence-corrected chi connectivity index (χ4v) is 4.31. The number of aliphatic hydroxyl groups excluding tert-OH is 1. The van der Waals surface area contributed by atoms with E-state index in [1.165, 1.54) is 5.56 Å². The fourth-order valence-electron chi connectivity index (χ4n) is 4.31. The van der Waals surface area contributed by atoms with Crippen LogP contribution in [0.15, 0.2) is 78.9 Å². The number of nitrogens with zero attached hydrogens (tertiary/aromatic N) is 1. The Balaban J connectivity index is 1.54. The third kappa shape index (κ3) is 5.88. The zero-order valence-electron chi connectivity index (χ0n) is 19.4. The van der Waals surface area contributed by atoms with Crippen LogP contribution in [0.3, 0.4) is 0 Å². The number of benzene rings is 3. The Hall–Kier alpha value is -2.54. The van der Waals surface area contributed by atoms with E-state index in [0.29, 0.717) is 6.54 Å². The molecule has 5 heteroatoms. The van der Waals surface area contributed by atoms with Crippen molar-refractivity contribution in [3.63, 3.8) is 0 Å². The molecule has 1 heterocycles. The lowest BCUT2D eigenvalue weighted by molar-refractivity contribution is -0.253. The molecule has 1 fully saturated rings. The molecule has 33 heavy (non-hydrogen) atoms. The third-order valence-electron chi connectivity index (χ3n) is 6.54. The minimum Gasteiger partial charge on any atom is -0.392 e. The van der Waals surface area contributed by atoms with Crippen LogP contribution in [0.1, 0.15) is 59.6 Å². The molecule has 4 atom stereocenters. The average molecular weight is 447 g/mol. The van der Waals surface area contributed by atoms with Gasteiger partial charge in [-0.2, -0.15) is 0 Å². The molecule has 0 aromatic heterocycles. The van der Waals surface area contributed by atoms with Gasteiger partial charge in [0.25, 0.3) is 0 Å². The van der Waals surface area contributed by atoms with E-state index in [1.807, 2.05) is 54.6 Å². The van der Waals surface area contributed by atoms with E-state index >= 15 is 0 Å². The number of aliphatic hydroxyl groups is 1. The number of rotatable bonds is 8. The van der Waals surface area contributed by atoms with Crippen molar-refractivity contribution < 1.29 is 14.6 Å². The molecule has 4 rings (SSSR count). The molecule has 1 saturated heterocycles. The number of likely N-dealkylation sites (N-methyl/N-ethyl adjacent to an activating group) is 1. The van der Waals surface area contributed by atoms with Gasteiger partial charge < -0.3 is 20.3 Å². The molecule has 0 radical (unpaired) electrons. The molecular weight excluding hydrogens is 412 g/mol. The molecular formula is C28H34N2O3. The van der Waals surface area contributed by atoms with Gasteiger partial charge in [-0.05, 0) is 36.2 Å². The van der Waals surface area contributed by atoms with E-state index in [1.54, 1.807) is 0 Å². The van der Waals surface area contributed by atoms with Crippen molar-refractivity contribution in [2.45, 2.75) is 51.0 Å². The molecule has 3 N–H and O–H groups in total. The topological polar surface area (TPSA) is 68.0 Å². The second-order valence-electron chi connectivity index (χ2n) is 8.82. The average Bonchev–Trinajstić information content (AvgIpc) is 2.88. The highest BCUT2D eigenvalue weighted by Crippen LogP contribution is 2.38. The summed E-state index contributed by atoms with van der Waals surface area (Å²) >= 11 is 0. The highest BCUT2D eigenvalue weighted by Gasteiger charge is 2.33. The molecule has 3 aromatic carbocycles. The minimum atomic E-state index is -0.446. The fraction of sp³-hybridized carbons (Fsp3) is 0.357. The molecule has 4 unspecified atom stereocenters. The van der Waals surface area contributed by atoms with Gasteiger partial charge in [0.2, 0.25) is 0 Å². The van der Waals surface area contributed by atoms with Crippen LogP contribution in [0.4, 0.5) is 0 Å². The maximum absolute atomic E-state index is 9.39. The summed E-state index contributed by atoms with van der Waals surface area (Å²) in [5, 5.41) is 9.39. The van der Waals surface area contributed by atoms with Gasteiger partial charge in [0.1, 0.15) is 0 Å². The van der Waals surface area contributed by atoms with Crippen molar-refractivity contribution in [1.82, 2.24) is 4.90 Å². The summed E-state index contributed by atoms with van der Waals surface area (Å²) < 4.78 is 12.9. The Morgan fingerprint density at radius 1 is 0.909 bits per heavy atom. The molecule has 0 amide bonds. The number of hydrogen-bond acceptors (Lipinski definition) is 5. The van der Waals surface area contributed by atoms with Gasteiger partial charge in [-0.15, -0.1) is 0 Å². The van der Waals surface area contributed by atoms with Crippen LogP contribution >= 0.6 is 0 Å². The van der Waals surface area contributed by atoms with E-state index in [2.05, 4.69) is 43.1 Å². The second-order valence-corrected chi connectivity index (χ2v) is 8.82. The van der Waals surface area contributed by atoms with Gasteiger partial charge in [0.15, 0.2) is 6.29 Å². The predicted molar refractivity (Wildman–Crippen MR) is 130 cm³/mol. The molecule has 174 valence electrons. The van der Waals surface area contributed by atoms with Crippen LogP contribution in [0.25, 0.3) is 0 Å². The van der Waals surface area contributed by atoms with Crippen molar-refractivity contribution in [2.24, 2.45) is 5.73 Å². The monoisotopic (exact) mass is 446 g/mol. The van der Waals surface area contributed by atoms with E-state index in [9.17, 15) is 5.11 Å². The van der Waals surface area contributed by atoms with Crippen LogP contribution in [-0.4, -0.2) is 29.7 Å². The van der Waals surface area contributed by atoms with Crippen LogP contribution in [0, 0.1) is 0 Å². The Labute approximate surface area is 196 Å². The molecule has 5 nitrogen and oxygen atoms in total.